The zero-order chi connectivity index (χ0) is 14.0. The first-order chi connectivity index (χ1) is 8.27. The predicted octanol–water partition coefficient (Wildman–Crippen LogP) is 0.503. The van der Waals surface area contributed by atoms with E-state index in [2.05, 4.69) is 10.8 Å². The van der Waals surface area contributed by atoms with E-state index in [-0.39, 0.29) is 13.1 Å². The van der Waals surface area contributed by atoms with E-state index in [4.69, 9.17) is 5.26 Å². The molecule has 0 aliphatic carbocycles. The van der Waals surface area contributed by atoms with Crippen LogP contribution in [0.5, 0.6) is 0 Å². The van der Waals surface area contributed by atoms with Crippen molar-refractivity contribution in [2.45, 2.75) is 31.9 Å². The zero-order valence-electron chi connectivity index (χ0n) is 10.8. The summed E-state index contributed by atoms with van der Waals surface area (Å²) in [5.41, 5.74) is -0.472. The smallest absolute Gasteiger partial charge is 0.325 e. The van der Waals surface area contributed by atoms with Gasteiger partial charge >= 0.3 is 5.97 Å². The summed E-state index contributed by atoms with van der Waals surface area (Å²) in [6.45, 7) is 3.68. The van der Waals surface area contributed by atoms with Crippen molar-refractivity contribution >= 4 is 16.0 Å². The molecular weight excluding hydrogens is 256 g/mol. The van der Waals surface area contributed by atoms with Crippen LogP contribution in [0.4, 0.5) is 0 Å². The van der Waals surface area contributed by atoms with Gasteiger partial charge in [0.05, 0.1) is 18.6 Å². The van der Waals surface area contributed by atoms with Gasteiger partial charge in [0.1, 0.15) is 0 Å². The molecule has 1 saturated heterocycles. The first-order valence-corrected chi connectivity index (χ1v) is 7.25. The lowest BCUT2D eigenvalue weighted by molar-refractivity contribution is -0.139. The number of esters is 1. The number of nitrogens with zero attached hydrogens (tertiary/aromatic N) is 2. The summed E-state index contributed by atoms with van der Waals surface area (Å²) in [6.07, 6.45) is 0.966. The number of rotatable bonds is 3. The largest absolute Gasteiger partial charge is 0.468 e. The summed E-state index contributed by atoms with van der Waals surface area (Å²) in [7, 11) is -2.52. The van der Waals surface area contributed by atoms with Gasteiger partial charge in [-0.05, 0) is 26.7 Å². The minimum atomic E-state index is -3.68. The van der Waals surface area contributed by atoms with E-state index < -0.39 is 26.7 Å². The van der Waals surface area contributed by atoms with Crippen LogP contribution in [0.1, 0.15) is 26.7 Å². The molecule has 1 rings (SSSR count). The molecule has 1 heterocycles. The third kappa shape index (κ3) is 2.82. The maximum absolute atomic E-state index is 12.1. The van der Waals surface area contributed by atoms with E-state index in [1.165, 1.54) is 11.2 Å². The van der Waals surface area contributed by atoms with Crippen molar-refractivity contribution in [2.24, 2.45) is 5.41 Å². The molecule has 0 aromatic rings. The second kappa shape index (κ2) is 5.24. The summed E-state index contributed by atoms with van der Waals surface area (Å²) >= 11 is 0. The van der Waals surface area contributed by atoms with E-state index in [0.717, 1.165) is 7.11 Å². The molecule has 0 aromatic heterocycles. The molecule has 1 unspecified atom stereocenters. The highest BCUT2D eigenvalue weighted by molar-refractivity contribution is 7.90. The Hall–Kier alpha value is -1.13. The molecule has 0 amide bonds. The fourth-order valence-electron chi connectivity index (χ4n) is 1.86. The fourth-order valence-corrected chi connectivity index (χ4v) is 3.34. The standard InChI is InChI=1S/C11H18N2O4S/c1-9(10(14)17-3)18(15,16)13-6-4-11(2,8-12)5-7-13/h9H,4-7H2,1-3H3. The summed E-state index contributed by atoms with van der Waals surface area (Å²) in [5.74, 6) is -0.761. The molecule has 102 valence electrons. The molecule has 0 saturated carbocycles. The Bertz CT molecular complexity index is 458. The number of hydrogen-bond acceptors (Lipinski definition) is 5. The van der Waals surface area contributed by atoms with Crippen LogP contribution in [0.2, 0.25) is 0 Å². The number of sulfonamides is 1. The Kier molecular flexibility index (Phi) is 4.35. The SMILES string of the molecule is COC(=O)C(C)S(=O)(=O)N1CCC(C)(C#N)CC1. The summed E-state index contributed by atoms with van der Waals surface area (Å²) in [4.78, 5) is 11.3. The van der Waals surface area contributed by atoms with E-state index in [1.807, 2.05) is 6.92 Å². The van der Waals surface area contributed by atoms with Gasteiger partial charge in [0.2, 0.25) is 10.0 Å². The number of carbonyl (C=O) groups is 1. The lowest BCUT2D eigenvalue weighted by atomic mass is 9.83. The second-order valence-electron chi connectivity index (χ2n) is 4.78. The average molecular weight is 274 g/mol. The van der Waals surface area contributed by atoms with Crippen LogP contribution in [0.25, 0.3) is 0 Å². The minimum Gasteiger partial charge on any atom is -0.468 e. The third-order valence-electron chi connectivity index (χ3n) is 3.44. The van der Waals surface area contributed by atoms with Crippen molar-refractivity contribution < 1.29 is 17.9 Å². The number of carbonyl (C=O) groups excluding carboxylic acids is 1. The van der Waals surface area contributed by atoms with E-state index in [1.54, 1.807) is 0 Å². The molecule has 0 bridgehead atoms. The molecule has 1 aliphatic heterocycles. The Labute approximate surface area is 108 Å². The van der Waals surface area contributed by atoms with E-state index in [0.29, 0.717) is 12.8 Å². The lowest BCUT2D eigenvalue weighted by Gasteiger charge is -2.34. The molecule has 1 aliphatic rings. The van der Waals surface area contributed by atoms with Gasteiger partial charge in [-0.15, -0.1) is 0 Å². The van der Waals surface area contributed by atoms with Crippen molar-refractivity contribution in [3.63, 3.8) is 0 Å². The maximum atomic E-state index is 12.1. The summed E-state index contributed by atoms with van der Waals surface area (Å²) in [5, 5.41) is 7.78. The molecule has 0 N–H and O–H groups in total. The van der Waals surface area contributed by atoms with Crippen LogP contribution >= 0.6 is 0 Å². The molecule has 6 nitrogen and oxygen atoms in total. The van der Waals surface area contributed by atoms with Gasteiger partial charge in [-0.3, -0.25) is 4.79 Å². The molecule has 18 heavy (non-hydrogen) atoms. The first kappa shape index (κ1) is 14.9. The highest BCUT2D eigenvalue weighted by Crippen LogP contribution is 2.31. The van der Waals surface area contributed by atoms with Crippen LogP contribution in [0, 0.1) is 16.7 Å². The van der Waals surface area contributed by atoms with Gasteiger partial charge in [0.25, 0.3) is 0 Å². The molecule has 1 fully saturated rings. The van der Waals surface area contributed by atoms with Crippen LogP contribution in [0.15, 0.2) is 0 Å². The highest BCUT2D eigenvalue weighted by atomic mass is 32.2. The lowest BCUT2D eigenvalue weighted by Crippen LogP contribution is -2.47. The van der Waals surface area contributed by atoms with Gasteiger partial charge in [0.15, 0.2) is 5.25 Å². The van der Waals surface area contributed by atoms with Crippen molar-refractivity contribution in [3.8, 4) is 6.07 Å². The normalized spacial score (nSPS) is 21.9. The molecule has 0 radical (unpaired) electrons. The minimum absolute atomic E-state index is 0.272. The number of nitriles is 1. The first-order valence-electron chi connectivity index (χ1n) is 5.75. The summed E-state index contributed by atoms with van der Waals surface area (Å²) in [6, 6.07) is 2.20. The zero-order valence-corrected chi connectivity index (χ0v) is 11.7. The Morgan fingerprint density at radius 2 is 1.94 bits per heavy atom. The topological polar surface area (TPSA) is 87.5 Å². The van der Waals surface area contributed by atoms with Gasteiger partial charge in [-0.1, -0.05) is 0 Å². The third-order valence-corrected chi connectivity index (χ3v) is 5.61. The van der Waals surface area contributed by atoms with Crippen LogP contribution in [-0.2, 0) is 19.6 Å². The Morgan fingerprint density at radius 1 is 1.44 bits per heavy atom. The molecular formula is C11H18N2O4S. The number of piperidine rings is 1. The monoisotopic (exact) mass is 274 g/mol. The second-order valence-corrected chi connectivity index (χ2v) is 7.04. The Morgan fingerprint density at radius 3 is 2.33 bits per heavy atom. The van der Waals surface area contributed by atoms with E-state index >= 15 is 0 Å². The van der Waals surface area contributed by atoms with Gasteiger partial charge in [-0.25, -0.2) is 12.7 Å². The quantitative estimate of drug-likeness (QED) is 0.699. The predicted molar refractivity (Wildman–Crippen MR) is 64.9 cm³/mol. The van der Waals surface area contributed by atoms with Crippen LogP contribution in [0.3, 0.4) is 0 Å². The molecule has 7 heteroatoms. The van der Waals surface area contributed by atoms with Crippen molar-refractivity contribution in [1.29, 1.82) is 5.26 Å². The Balaban J connectivity index is 2.79. The number of ether oxygens (including phenoxy) is 1. The van der Waals surface area contributed by atoms with Crippen molar-refractivity contribution in [2.75, 3.05) is 20.2 Å². The fraction of sp³-hybridized carbons (Fsp3) is 0.818. The number of methoxy groups -OCH3 is 1. The maximum Gasteiger partial charge on any atom is 0.325 e. The van der Waals surface area contributed by atoms with Gasteiger partial charge in [0, 0.05) is 13.1 Å². The van der Waals surface area contributed by atoms with Gasteiger partial charge < -0.3 is 4.74 Å². The summed E-state index contributed by atoms with van der Waals surface area (Å²) < 4.78 is 30.0. The number of hydrogen-bond donors (Lipinski definition) is 0. The van der Waals surface area contributed by atoms with Gasteiger partial charge in [-0.2, -0.15) is 5.26 Å². The molecule has 1 atom stereocenters. The van der Waals surface area contributed by atoms with Crippen LogP contribution in [-0.4, -0.2) is 44.1 Å². The molecule has 0 spiro atoms. The van der Waals surface area contributed by atoms with E-state index in [9.17, 15) is 13.2 Å². The van der Waals surface area contributed by atoms with Crippen molar-refractivity contribution in [3.05, 3.63) is 0 Å². The average Bonchev–Trinajstić information content (AvgIpc) is 2.37. The van der Waals surface area contributed by atoms with Crippen molar-refractivity contribution in [1.82, 2.24) is 4.31 Å². The highest BCUT2D eigenvalue weighted by Gasteiger charge is 2.39. The molecule has 0 aromatic carbocycles. The van der Waals surface area contributed by atoms with Crippen LogP contribution < -0.4 is 0 Å².